The number of ether oxygens (including phenoxy) is 3. The zero-order valence-electron chi connectivity index (χ0n) is 17.4. The number of nitrogens with two attached hydrogens (primary N) is 2. The zero-order valence-corrected chi connectivity index (χ0v) is 17.4. The van der Waals surface area contributed by atoms with Gasteiger partial charge in [-0.15, -0.1) is 0 Å². The van der Waals surface area contributed by atoms with Gasteiger partial charge in [-0.2, -0.15) is 0 Å². The van der Waals surface area contributed by atoms with Gasteiger partial charge >= 0.3 is 0 Å². The molecular weight excluding hydrogens is 386 g/mol. The van der Waals surface area contributed by atoms with Gasteiger partial charge in [0, 0.05) is 25.0 Å². The maximum absolute atomic E-state index is 9.57. The lowest BCUT2D eigenvalue weighted by Crippen LogP contribution is -2.56. The quantitative estimate of drug-likeness (QED) is 0.213. The lowest BCUT2D eigenvalue weighted by atomic mass is 10.1. The number of hydrogen-bond donors (Lipinski definition) is 4. The number of aromatic hydroxyl groups is 2. The molecule has 2 aromatic rings. The molecule has 1 aliphatic heterocycles. The predicted octanol–water partition coefficient (Wildman–Crippen LogP) is 2.35. The summed E-state index contributed by atoms with van der Waals surface area (Å²) in [4.78, 5) is 0. The van der Waals surface area contributed by atoms with Crippen molar-refractivity contribution in [2.75, 3.05) is 58.0 Å². The van der Waals surface area contributed by atoms with Crippen molar-refractivity contribution in [1.82, 2.24) is 0 Å². The van der Waals surface area contributed by atoms with Gasteiger partial charge in [0.2, 0.25) is 0 Å². The van der Waals surface area contributed by atoms with Crippen LogP contribution in [-0.2, 0) is 4.74 Å². The van der Waals surface area contributed by atoms with Crippen molar-refractivity contribution >= 4 is 11.4 Å². The second kappa shape index (κ2) is 9.77. The number of nitrogens with zero attached hydrogens (tertiary/aromatic N) is 1. The largest absolute Gasteiger partial charge is 0.508 e. The highest BCUT2D eigenvalue weighted by Crippen LogP contribution is 2.27. The van der Waals surface area contributed by atoms with Crippen LogP contribution in [0.4, 0.5) is 11.4 Å². The van der Waals surface area contributed by atoms with Gasteiger partial charge in [-0.3, -0.25) is 0 Å². The monoisotopic (exact) mass is 418 g/mol. The van der Waals surface area contributed by atoms with Crippen LogP contribution in [0.1, 0.15) is 12.8 Å². The Morgan fingerprint density at radius 3 is 2.23 bits per heavy atom. The van der Waals surface area contributed by atoms with Gasteiger partial charge in [-0.25, -0.2) is 0 Å². The molecule has 2 atom stereocenters. The van der Waals surface area contributed by atoms with Crippen LogP contribution in [0.2, 0.25) is 0 Å². The van der Waals surface area contributed by atoms with Gasteiger partial charge < -0.3 is 40.4 Å². The average molecular weight is 419 g/mol. The second-order valence-corrected chi connectivity index (χ2v) is 8.03. The highest BCUT2D eigenvalue weighted by Gasteiger charge is 2.31. The number of phenolic OH excluding ortho intramolecular Hbond substituents is 2. The van der Waals surface area contributed by atoms with Gasteiger partial charge in [0.25, 0.3) is 0 Å². The van der Waals surface area contributed by atoms with E-state index in [0.717, 1.165) is 37.0 Å². The summed E-state index contributed by atoms with van der Waals surface area (Å²) in [6.45, 7) is 4.51. The number of anilines is 2. The first-order chi connectivity index (χ1) is 14.3. The van der Waals surface area contributed by atoms with Crippen molar-refractivity contribution in [3.05, 3.63) is 36.4 Å². The van der Waals surface area contributed by atoms with E-state index in [4.69, 9.17) is 25.7 Å². The van der Waals surface area contributed by atoms with Crippen molar-refractivity contribution in [2.24, 2.45) is 0 Å². The third kappa shape index (κ3) is 6.08. The van der Waals surface area contributed by atoms with Crippen molar-refractivity contribution in [3.8, 4) is 23.0 Å². The molecule has 164 valence electrons. The molecule has 0 amide bonds. The molecule has 30 heavy (non-hydrogen) atoms. The molecule has 1 heterocycles. The molecule has 0 aromatic heterocycles. The number of nitrogen functional groups attached to an aromatic ring is 2. The summed E-state index contributed by atoms with van der Waals surface area (Å²) >= 11 is 0. The predicted molar refractivity (Wildman–Crippen MR) is 116 cm³/mol. The van der Waals surface area contributed by atoms with Crippen LogP contribution in [0.5, 0.6) is 23.0 Å². The number of benzene rings is 2. The summed E-state index contributed by atoms with van der Waals surface area (Å²) in [5, 5.41) is 19.1. The highest BCUT2D eigenvalue weighted by molar-refractivity contribution is 5.55. The molecule has 8 heteroatoms. The summed E-state index contributed by atoms with van der Waals surface area (Å²) < 4.78 is 18.3. The highest BCUT2D eigenvalue weighted by atomic mass is 16.5. The van der Waals surface area contributed by atoms with Crippen LogP contribution < -0.4 is 20.9 Å². The number of quaternary nitrogens is 1. The lowest BCUT2D eigenvalue weighted by molar-refractivity contribution is -0.920. The fraction of sp³-hybridized carbons (Fsp3) is 0.455. The summed E-state index contributed by atoms with van der Waals surface area (Å²) in [7, 11) is 2.23. The molecule has 0 aliphatic carbocycles. The van der Waals surface area contributed by atoms with Crippen molar-refractivity contribution < 1.29 is 28.9 Å². The van der Waals surface area contributed by atoms with Gasteiger partial charge in [0.1, 0.15) is 42.2 Å². The Kier molecular flexibility index (Phi) is 7.12. The van der Waals surface area contributed by atoms with Crippen LogP contribution in [0.3, 0.4) is 0 Å². The van der Waals surface area contributed by atoms with Gasteiger partial charge in [-0.1, -0.05) is 0 Å². The van der Waals surface area contributed by atoms with E-state index in [1.807, 2.05) is 0 Å². The molecular formula is C22H32N3O5+. The molecule has 0 spiro atoms. The van der Waals surface area contributed by atoms with Gasteiger partial charge in [-0.05, 0) is 24.3 Å². The Morgan fingerprint density at radius 1 is 1.00 bits per heavy atom. The van der Waals surface area contributed by atoms with Crippen molar-refractivity contribution in [2.45, 2.75) is 18.9 Å². The van der Waals surface area contributed by atoms with E-state index >= 15 is 0 Å². The second-order valence-electron chi connectivity index (χ2n) is 8.03. The summed E-state index contributed by atoms with van der Waals surface area (Å²) in [6, 6.07) is 9.40. The van der Waals surface area contributed by atoms with Crippen LogP contribution in [0, 0.1) is 0 Å². The third-order valence-electron chi connectivity index (χ3n) is 5.42. The number of morpholine rings is 1. The van der Waals surface area contributed by atoms with E-state index in [9.17, 15) is 10.2 Å². The van der Waals surface area contributed by atoms with Crippen LogP contribution >= 0.6 is 0 Å². The van der Waals surface area contributed by atoms with Gasteiger partial charge in [0.05, 0.1) is 44.8 Å². The van der Waals surface area contributed by atoms with E-state index in [-0.39, 0.29) is 17.6 Å². The van der Waals surface area contributed by atoms with Crippen molar-refractivity contribution in [3.63, 3.8) is 0 Å². The maximum atomic E-state index is 9.57. The summed E-state index contributed by atoms with van der Waals surface area (Å²) in [5.74, 6) is 1.28. The smallest absolute Gasteiger partial charge is 0.145 e. The minimum Gasteiger partial charge on any atom is -0.508 e. The SMILES string of the molecule is C[N+]1(CCCOc2cc(O)ccc2N)CCOC(CCOc2cc(O)ccc2N)C1. The van der Waals surface area contributed by atoms with Crippen LogP contribution in [-0.4, -0.2) is 67.3 Å². The topological polar surface area (TPSA) is 120 Å². The molecule has 2 unspecified atom stereocenters. The molecule has 0 bridgehead atoms. The number of phenols is 2. The minimum absolute atomic E-state index is 0.102. The van der Waals surface area contributed by atoms with E-state index in [0.29, 0.717) is 42.7 Å². The molecule has 0 radical (unpaired) electrons. The van der Waals surface area contributed by atoms with E-state index in [1.165, 1.54) is 18.2 Å². The van der Waals surface area contributed by atoms with Crippen LogP contribution in [0.25, 0.3) is 0 Å². The molecule has 6 N–H and O–H groups in total. The normalized spacial score (nSPS) is 21.3. The molecule has 1 saturated heterocycles. The minimum atomic E-state index is 0.102. The van der Waals surface area contributed by atoms with Crippen LogP contribution in [0.15, 0.2) is 36.4 Å². The van der Waals surface area contributed by atoms with E-state index in [1.54, 1.807) is 18.2 Å². The summed E-state index contributed by atoms with van der Waals surface area (Å²) in [6.07, 6.45) is 1.72. The standard InChI is InChI=1S/C22H31N3O5/c1-25(8-2-10-29-21-13-16(26)3-5-19(21)23)9-12-28-18(15-25)7-11-30-22-14-17(27)4-6-20(22)24/h3-6,13-14,18H,2,7-12,15,23-24H2,1H3,(H-,26,27)/p+1. The fourth-order valence-electron chi connectivity index (χ4n) is 3.68. The Balaban J connectivity index is 1.41. The molecule has 1 fully saturated rings. The maximum Gasteiger partial charge on any atom is 0.145 e. The first-order valence-electron chi connectivity index (χ1n) is 10.2. The van der Waals surface area contributed by atoms with Crippen molar-refractivity contribution in [1.29, 1.82) is 0 Å². The Labute approximate surface area is 177 Å². The molecule has 2 aromatic carbocycles. The Morgan fingerprint density at radius 2 is 1.60 bits per heavy atom. The molecule has 0 saturated carbocycles. The lowest BCUT2D eigenvalue weighted by Gasteiger charge is -2.41. The molecule has 1 aliphatic rings. The fourth-order valence-corrected chi connectivity index (χ4v) is 3.68. The average Bonchev–Trinajstić information content (AvgIpc) is 2.70. The number of hydrogen-bond acceptors (Lipinski definition) is 7. The Hall–Kier alpha value is -2.84. The van der Waals surface area contributed by atoms with E-state index < -0.39 is 0 Å². The number of likely N-dealkylation sites (N-methyl/N-ethyl adjacent to an activating group) is 1. The third-order valence-corrected chi connectivity index (χ3v) is 5.42. The first kappa shape index (κ1) is 21.9. The van der Waals surface area contributed by atoms with E-state index in [2.05, 4.69) is 7.05 Å². The molecule has 8 nitrogen and oxygen atoms in total. The first-order valence-corrected chi connectivity index (χ1v) is 10.2. The number of rotatable bonds is 9. The molecule has 3 rings (SSSR count). The zero-order chi connectivity index (χ0) is 21.6. The Bertz CT molecular complexity index is 848. The summed E-state index contributed by atoms with van der Waals surface area (Å²) in [5.41, 5.74) is 12.8. The van der Waals surface area contributed by atoms with Gasteiger partial charge in [0.15, 0.2) is 0 Å².